The first-order chi connectivity index (χ1) is 12.6. The van der Waals surface area contributed by atoms with E-state index in [0.717, 1.165) is 38.6 Å². The number of hydrogen-bond donors (Lipinski definition) is 1. The van der Waals surface area contributed by atoms with Crippen LogP contribution in [0.4, 0.5) is 10.4 Å². The number of carbonyl (C=O) groups excluding carboxylic acids is 1. The van der Waals surface area contributed by atoms with Gasteiger partial charge in [0.2, 0.25) is 5.91 Å². The van der Waals surface area contributed by atoms with E-state index in [9.17, 15) is 14.3 Å². The molecule has 2 saturated heterocycles. The van der Waals surface area contributed by atoms with Crippen LogP contribution in [0.3, 0.4) is 0 Å². The summed E-state index contributed by atoms with van der Waals surface area (Å²) in [7, 11) is 0. The van der Waals surface area contributed by atoms with Gasteiger partial charge in [0.15, 0.2) is 5.58 Å². The molecule has 3 aliphatic rings. The highest BCUT2D eigenvalue weighted by molar-refractivity contribution is 5.86. The van der Waals surface area contributed by atoms with Crippen molar-refractivity contribution in [1.82, 2.24) is 9.88 Å². The molecule has 1 atom stereocenters. The number of halogens is 1. The van der Waals surface area contributed by atoms with E-state index >= 15 is 0 Å². The van der Waals surface area contributed by atoms with Gasteiger partial charge in [0.1, 0.15) is 11.3 Å². The van der Waals surface area contributed by atoms with Gasteiger partial charge in [0, 0.05) is 25.7 Å². The Morgan fingerprint density at radius 1 is 1.27 bits per heavy atom. The number of oxazole rings is 1. The van der Waals surface area contributed by atoms with Crippen LogP contribution in [0.25, 0.3) is 11.1 Å². The van der Waals surface area contributed by atoms with Gasteiger partial charge in [-0.15, -0.1) is 0 Å². The van der Waals surface area contributed by atoms with Crippen molar-refractivity contribution in [3.05, 3.63) is 24.0 Å². The van der Waals surface area contributed by atoms with Gasteiger partial charge in [-0.3, -0.25) is 4.79 Å². The van der Waals surface area contributed by atoms with Gasteiger partial charge in [-0.05, 0) is 44.2 Å². The second-order valence-electron chi connectivity index (χ2n) is 8.00. The molecule has 5 rings (SSSR count). The van der Waals surface area contributed by atoms with Gasteiger partial charge in [-0.1, -0.05) is 0 Å². The lowest BCUT2D eigenvalue weighted by molar-refractivity contribution is -0.137. The van der Waals surface area contributed by atoms with Crippen molar-refractivity contribution >= 4 is 23.0 Å². The third kappa shape index (κ3) is 2.26. The van der Waals surface area contributed by atoms with Gasteiger partial charge in [-0.25, -0.2) is 4.39 Å². The molecule has 26 heavy (non-hydrogen) atoms. The predicted octanol–water partition coefficient (Wildman–Crippen LogP) is 2.31. The lowest BCUT2D eigenvalue weighted by Gasteiger charge is -2.34. The lowest BCUT2D eigenvalue weighted by Crippen LogP contribution is -2.48. The smallest absolute Gasteiger partial charge is 0.298 e. The van der Waals surface area contributed by atoms with Gasteiger partial charge < -0.3 is 19.3 Å². The van der Waals surface area contributed by atoms with Crippen LogP contribution in [0.15, 0.2) is 22.6 Å². The zero-order valence-corrected chi connectivity index (χ0v) is 14.6. The Labute approximate surface area is 150 Å². The third-order valence-corrected chi connectivity index (χ3v) is 6.40. The Bertz CT molecular complexity index is 878. The fourth-order valence-corrected chi connectivity index (χ4v) is 4.62. The Morgan fingerprint density at radius 3 is 2.88 bits per heavy atom. The van der Waals surface area contributed by atoms with E-state index < -0.39 is 5.41 Å². The number of carbonyl (C=O) groups is 1. The molecule has 1 spiro atoms. The summed E-state index contributed by atoms with van der Waals surface area (Å²) in [5, 5.41) is 9.56. The first-order valence-electron chi connectivity index (χ1n) is 9.29. The summed E-state index contributed by atoms with van der Waals surface area (Å²) in [6.45, 7) is 2.10. The molecule has 1 aliphatic carbocycles. The van der Waals surface area contributed by atoms with Crippen LogP contribution in [0.1, 0.15) is 32.1 Å². The lowest BCUT2D eigenvalue weighted by atomic mass is 9.95. The Morgan fingerprint density at radius 2 is 2.12 bits per heavy atom. The zero-order valence-electron chi connectivity index (χ0n) is 14.6. The van der Waals surface area contributed by atoms with Crippen molar-refractivity contribution in [2.24, 2.45) is 5.41 Å². The average molecular weight is 359 g/mol. The summed E-state index contributed by atoms with van der Waals surface area (Å²) in [6, 6.07) is 4.88. The highest BCUT2D eigenvalue weighted by Crippen LogP contribution is 2.49. The number of anilines is 1. The quantitative estimate of drug-likeness (QED) is 0.911. The summed E-state index contributed by atoms with van der Waals surface area (Å²) < 4.78 is 19.3. The van der Waals surface area contributed by atoms with Gasteiger partial charge in [0.25, 0.3) is 6.01 Å². The number of benzene rings is 1. The van der Waals surface area contributed by atoms with E-state index in [4.69, 9.17) is 4.42 Å². The first kappa shape index (κ1) is 16.1. The minimum absolute atomic E-state index is 0.0598. The molecule has 3 heterocycles. The molecule has 0 bridgehead atoms. The van der Waals surface area contributed by atoms with Crippen LogP contribution >= 0.6 is 0 Å². The summed E-state index contributed by atoms with van der Waals surface area (Å²) >= 11 is 0. The number of aliphatic hydroxyl groups is 1. The van der Waals surface area contributed by atoms with Crippen molar-refractivity contribution in [2.75, 3.05) is 31.1 Å². The van der Waals surface area contributed by atoms with Crippen LogP contribution in [-0.4, -0.2) is 52.7 Å². The molecule has 3 fully saturated rings. The Hall–Kier alpha value is -2.15. The van der Waals surface area contributed by atoms with E-state index in [1.165, 1.54) is 12.1 Å². The number of nitrogens with zero attached hydrogens (tertiary/aromatic N) is 3. The van der Waals surface area contributed by atoms with Gasteiger partial charge in [0.05, 0.1) is 17.6 Å². The largest absolute Gasteiger partial charge is 0.423 e. The number of fused-ring (bicyclic) bond motifs is 1. The fourth-order valence-electron chi connectivity index (χ4n) is 4.62. The van der Waals surface area contributed by atoms with Crippen LogP contribution in [0.5, 0.6) is 0 Å². The molecule has 1 aromatic carbocycles. The van der Waals surface area contributed by atoms with Crippen molar-refractivity contribution in [3.63, 3.8) is 0 Å². The molecule has 138 valence electrons. The highest BCUT2D eigenvalue weighted by atomic mass is 19.1. The summed E-state index contributed by atoms with van der Waals surface area (Å²) in [5.74, 6) is -0.254. The molecule has 6 nitrogen and oxygen atoms in total. The normalized spacial score (nSPS) is 27.0. The molecule has 7 heteroatoms. The average Bonchev–Trinajstić information content (AvgIpc) is 2.97. The standard InChI is InChI=1S/C19H22FN3O3/c20-13-2-3-14-15(10-13)26-17(21-14)23-8-1-4-19(23)7-9-22(11-19)16(25)18(12-24)5-6-18/h2-3,10,24H,1,4-9,11-12H2. The maximum absolute atomic E-state index is 13.4. The van der Waals surface area contributed by atoms with E-state index in [1.807, 2.05) is 4.90 Å². The molecule has 0 radical (unpaired) electrons. The van der Waals surface area contributed by atoms with E-state index in [2.05, 4.69) is 9.88 Å². The number of rotatable bonds is 3. The molecule has 1 aromatic heterocycles. The van der Waals surface area contributed by atoms with Crippen LogP contribution < -0.4 is 4.90 Å². The van der Waals surface area contributed by atoms with Crippen LogP contribution in [0, 0.1) is 11.2 Å². The topological polar surface area (TPSA) is 69.8 Å². The van der Waals surface area contributed by atoms with E-state index in [-0.39, 0.29) is 23.9 Å². The third-order valence-electron chi connectivity index (χ3n) is 6.40. The predicted molar refractivity (Wildman–Crippen MR) is 93.2 cm³/mol. The zero-order chi connectivity index (χ0) is 17.9. The molecule has 1 unspecified atom stereocenters. The molecule has 2 aliphatic heterocycles. The maximum atomic E-state index is 13.4. The molecule has 1 amide bonds. The monoisotopic (exact) mass is 359 g/mol. The van der Waals surface area contributed by atoms with Crippen molar-refractivity contribution in [3.8, 4) is 0 Å². The van der Waals surface area contributed by atoms with Gasteiger partial charge in [-0.2, -0.15) is 4.98 Å². The Kier molecular flexibility index (Phi) is 3.35. The summed E-state index contributed by atoms with van der Waals surface area (Å²) in [4.78, 5) is 21.4. The number of likely N-dealkylation sites (tertiary alicyclic amines) is 1. The van der Waals surface area contributed by atoms with Crippen LogP contribution in [0.2, 0.25) is 0 Å². The minimum Gasteiger partial charge on any atom is -0.423 e. The van der Waals surface area contributed by atoms with Crippen molar-refractivity contribution in [2.45, 2.75) is 37.6 Å². The SMILES string of the molecule is O=C(N1CCC2(CCCN2c2nc3ccc(F)cc3o2)C1)C1(CO)CC1. The summed E-state index contributed by atoms with van der Waals surface area (Å²) in [5.41, 5.74) is 0.404. The molecular weight excluding hydrogens is 337 g/mol. The number of aliphatic hydroxyl groups excluding tert-OH is 1. The highest BCUT2D eigenvalue weighted by Gasteiger charge is 2.55. The molecule has 1 saturated carbocycles. The second kappa shape index (κ2) is 5.42. The second-order valence-corrected chi connectivity index (χ2v) is 8.00. The van der Waals surface area contributed by atoms with Crippen molar-refractivity contribution in [1.29, 1.82) is 0 Å². The number of amides is 1. The van der Waals surface area contributed by atoms with E-state index in [1.54, 1.807) is 6.07 Å². The first-order valence-corrected chi connectivity index (χ1v) is 9.29. The number of hydrogen-bond acceptors (Lipinski definition) is 5. The minimum atomic E-state index is -0.524. The molecule has 2 aromatic rings. The molecule has 1 N–H and O–H groups in total. The van der Waals surface area contributed by atoms with E-state index in [0.29, 0.717) is 30.2 Å². The fraction of sp³-hybridized carbons (Fsp3) is 0.579. The number of aromatic nitrogens is 1. The maximum Gasteiger partial charge on any atom is 0.298 e. The van der Waals surface area contributed by atoms with Crippen molar-refractivity contribution < 1.29 is 18.7 Å². The van der Waals surface area contributed by atoms with Gasteiger partial charge >= 0.3 is 0 Å². The Balaban J connectivity index is 1.42. The summed E-state index contributed by atoms with van der Waals surface area (Å²) in [6.07, 6.45) is 4.43. The van der Waals surface area contributed by atoms with Crippen LogP contribution in [-0.2, 0) is 4.79 Å². The molecular formula is C19H22FN3O3.